The Kier molecular flexibility index (Phi) is 5.00. The third-order valence-corrected chi connectivity index (χ3v) is 3.42. The number of carbonyl (C=O) groups excluding carboxylic acids is 1. The molecule has 1 heterocycles. The van der Waals surface area contributed by atoms with Crippen molar-refractivity contribution in [3.8, 4) is 5.75 Å². The van der Waals surface area contributed by atoms with Crippen LogP contribution in [0.4, 0.5) is 37.7 Å². The monoisotopic (exact) mass is 382 g/mol. The standard InChI is InChI=1S/C16H16F6N2O2/c1-14(2,3)13(25)23-8-4-5-9-10(6-8)26-11(7-15(17,18)19)12(24-9)16(20,21)22/h4-6,11H,7H2,1-3H3,(H,23,25). The van der Waals surface area contributed by atoms with E-state index >= 15 is 0 Å². The van der Waals surface area contributed by atoms with E-state index in [9.17, 15) is 31.1 Å². The second-order valence-electron chi connectivity index (χ2n) is 6.81. The molecule has 1 aromatic rings. The fraction of sp³-hybridized carbons (Fsp3) is 0.500. The Balaban J connectivity index is 2.36. The molecule has 0 spiro atoms. The maximum Gasteiger partial charge on any atom is 0.433 e. The number of anilines is 1. The summed E-state index contributed by atoms with van der Waals surface area (Å²) in [6.07, 6.45) is -14.1. The number of hydrogen-bond donors (Lipinski definition) is 1. The SMILES string of the molecule is CC(C)(C)C(=O)Nc1ccc2c(c1)OC(CC(F)(F)F)C(C(F)(F)F)=N2. The lowest BCUT2D eigenvalue weighted by atomic mass is 9.95. The van der Waals surface area contributed by atoms with Gasteiger partial charge in [0, 0.05) is 17.2 Å². The van der Waals surface area contributed by atoms with Gasteiger partial charge in [-0.1, -0.05) is 20.8 Å². The molecule has 26 heavy (non-hydrogen) atoms. The molecule has 1 unspecified atom stereocenters. The van der Waals surface area contributed by atoms with Crippen LogP contribution in [0.15, 0.2) is 23.2 Å². The Labute approximate surface area is 145 Å². The average molecular weight is 382 g/mol. The highest BCUT2D eigenvalue weighted by Crippen LogP contribution is 2.40. The first-order valence-electron chi connectivity index (χ1n) is 7.51. The Hall–Kier alpha value is -2.26. The molecule has 1 aliphatic heterocycles. The molecular weight excluding hydrogens is 366 g/mol. The zero-order valence-electron chi connectivity index (χ0n) is 14.0. The van der Waals surface area contributed by atoms with Crippen LogP contribution in [0.5, 0.6) is 5.75 Å². The minimum atomic E-state index is -5.06. The molecule has 1 amide bonds. The van der Waals surface area contributed by atoms with Gasteiger partial charge in [-0.25, -0.2) is 4.99 Å². The first-order valence-corrected chi connectivity index (χ1v) is 7.51. The molecule has 10 heteroatoms. The Bertz CT molecular complexity index is 732. The molecular formula is C16H16F6N2O2. The minimum absolute atomic E-state index is 0.181. The summed E-state index contributed by atoms with van der Waals surface area (Å²) in [4.78, 5) is 15.3. The van der Waals surface area contributed by atoms with Crippen molar-refractivity contribution in [3.63, 3.8) is 0 Å². The van der Waals surface area contributed by atoms with Crippen molar-refractivity contribution in [2.45, 2.75) is 45.6 Å². The number of amides is 1. The molecule has 0 aliphatic carbocycles. The summed E-state index contributed by atoms with van der Waals surface area (Å²) < 4.78 is 81.8. The van der Waals surface area contributed by atoms with Crippen LogP contribution < -0.4 is 10.1 Å². The number of ether oxygens (including phenoxy) is 1. The van der Waals surface area contributed by atoms with Crippen molar-refractivity contribution in [2.24, 2.45) is 10.4 Å². The molecule has 1 aliphatic rings. The largest absolute Gasteiger partial charge is 0.481 e. The third-order valence-electron chi connectivity index (χ3n) is 3.42. The van der Waals surface area contributed by atoms with Gasteiger partial charge in [-0.15, -0.1) is 0 Å². The lowest BCUT2D eigenvalue weighted by Crippen LogP contribution is -2.42. The van der Waals surface area contributed by atoms with E-state index in [4.69, 9.17) is 4.74 Å². The maximum atomic E-state index is 13.0. The number of halogens is 6. The first-order chi connectivity index (χ1) is 11.7. The number of rotatable bonds is 2. The molecule has 1 N–H and O–H groups in total. The number of nitrogens with zero attached hydrogens (tertiary/aromatic N) is 1. The van der Waals surface area contributed by atoms with E-state index in [1.54, 1.807) is 20.8 Å². The minimum Gasteiger partial charge on any atom is -0.481 e. The van der Waals surface area contributed by atoms with Crippen LogP contribution in [0.3, 0.4) is 0 Å². The van der Waals surface area contributed by atoms with Gasteiger partial charge in [0.1, 0.15) is 11.4 Å². The molecule has 0 radical (unpaired) electrons. The fourth-order valence-corrected chi connectivity index (χ4v) is 2.10. The second-order valence-corrected chi connectivity index (χ2v) is 6.81. The predicted octanol–water partition coefficient (Wildman–Crippen LogP) is 5.02. The molecule has 0 saturated carbocycles. The zero-order valence-corrected chi connectivity index (χ0v) is 14.0. The van der Waals surface area contributed by atoms with Gasteiger partial charge in [-0.3, -0.25) is 4.79 Å². The number of alkyl halides is 6. The van der Waals surface area contributed by atoms with Crippen LogP contribution in [0.1, 0.15) is 27.2 Å². The van der Waals surface area contributed by atoms with Gasteiger partial charge in [0.05, 0.1) is 6.42 Å². The van der Waals surface area contributed by atoms with Crippen molar-refractivity contribution in [3.05, 3.63) is 18.2 Å². The molecule has 1 aromatic carbocycles. The number of aliphatic imine (C=N–C) groups is 1. The van der Waals surface area contributed by atoms with E-state index in [2.05, 4.69) is 10.3 Å². The van der Waals surface area contributed by atoms with Gasteiger partial charge >= 0.3 is 12.4 Å². The fourth-order valence-electron chi connectivity index (χ4n) is 2.10. The van der Waals surface area contributed by atoms with Crippen LogP contribution in [-0.4, -0.2) is 30.1 Å². The molecule has 0 saturated heterocycles. The van der Waals surface area contributed by atoms with Gasteiger partial charge in [0.15, 0.2) is 11.8 Å². The number of nitrogens with one attached hydrogen (secondary N) is 1. The van der Waals surface area contributed by atoms with Gasteiger partial charge in [0.25, 0.3) is 0 Å². The normalized spacial score (nSPS) is 17.9. The van der Waals surface area contributed by atoms with Gasteiger partial charge < -0.3 is 10.1 Å². The van der Waals surface area contributed by atoms with Gasteiger partial charge in [-0.05, 0) is 12.1 Å². The van der Waals surface area contributed by atoms with E-state index in [-0.39, 0.29) is 23.0 Å². The van der Waals surface area contributed by atoms with Crippen molar-refractivity contribution in [1.82, 2.24) is 0 Å². The van der Waals surface area contributed by atoms with Crippen LogP contribution in [0, 0.1) is 5.41 Å². The maximum absolute atomic E-state index is 13.0. The summed E-state index contributed by atoms with van der Waals surface area (Å²) in [5.41, 5.74) is -2.46. The number of fused-ring (bicyclic) bond motifs is 1. The number of carbonyl (C=O) groups is 1. The van der Waals surface area contributed by atoms with E-state index in [0.29, 0.717) is 0 Å². The van der Waals surface area contributed by atoms with E-state index in [1.165, 1.54) is 6.07 Å². The molecule has 2 rings (SSSR count). The summed E-state index contributed by atoms with van der Waals surface area (Å²) in [5, 5.41) is 2.52. The molecule has 0 fully saturated rings. The third kappa shape index (κ3) is 4.89. The van der Waals surface area contributed by atoms with Crippen LogP contribution in [-0.2, 0) is 4.79 Å². The Morgan fingerprint density at radius 2 is 1.77 bits per heavy atom. The Morgan fingerprint density at radius 1 is 1.15 bits per heavy atom. The highest BCUT2D eigenvalue weighted by molar-refractivity contribution is 5.98. The van der Waals surface area contributed by atoms with Crippen molar-refractivity contribution < 1.29 is 35.9 Å². The van der Waals surface area contributed by atoms with E-state index < -0.39 is 36.0 Å². The van der Waals surface area contributed by atoms with Crippen LogP contribution >= 0.6 is 0 Å². The van der Waals surface area contributed by atoms with Crippen molar-refractivity contribution in [1.29, 1.82) is 0 Å². The predicted molar refractivity (Wildman–Crippen MR) is 82.8 cm³/mol. The summed E-state index contributed by atoms with van der Waals surface area (Å²) in [6, 6.07) is 3.59. The molecule has 0 bridgehead atoms. The topological polar surface area (TPSA) is 50.7 Å². The highest BCUT2D eigenvalue weighted by Gasteiger charge is 2.48. The van der Waals surface area contributed by atoms with Gasteiger partial charge in [-0.2, -0.15) is 26.3 Å². The lowest BCUT2D eigenvalue weighted by molar-refractivity contribution is -0.147. The highest BCUT2D eigenvalue weighted by atomic mass is 19.4. The molecule has 4 nitrogen and oxygen atoms in total. The first kappa shape index (κ1) is 20.1. The lowest BCUT2D eigenvalue weighted by Gasteiger charge is -2.28. The van der Waals surface area contributed by atoms with Crippen LogP contribution in [0.2, 0.25) is 0 Å². The molecule has 0 aromatic heterocycles. The van der Waals surface area contributed by atoms with E-state index in [1.807, 2.05) is 0 Å². The van der Waals surface area contributed by atoms with Gasteiger partial charge in [0.2, 0.25) is 5.91 Å². The summed E-state index contributed by atoms with van der Waals surface area (Å²) in [5.74, 6) is -0.640. The number of hydrogen-bond acceptors (Lipinski definition) is 3. The summed E-state index contributed by atoms with van der Waals surface area (Å²) >= 11 is 0. The smallest absolute Gasteiger partial charge is 0.433 e. The van der Waals surface area contributed by atoms with Crippen molar-refractivity contribution >= 4 is 23.0 Å². The molecule has 1 atom stereocenters. The second kappa shape index (κ2) is 6.48. The van der Waals surface area contributed by atoms with Crippen molar-refractivity contribution in [2.75, 3.05) is 5.32 Å². The zero-order chi connectivity index (χ0) is 19.9. The van der Waals surface area contributed by atoms with Crippen LogP contribution in [0.25, 0.3) is 0 Å². The number of benzene rings is 1. The summed E-state index contributed by atoms with van der Waals surface area (Å²) in [7, 11) is 0. The molecule has 144 valence electrons. The summed E-state index contributed by atoms with van der Waals surface area (Å²) in [6.45, 7) is 4.95. The van der Waals surface area contributed by atoms with E-state index in [0.717, 1.165) is 12.1 Å². The quantitative estimate of drug-likeness (QED) is 0.731. The Morgan fingerprint density at radius 3 is 2.27 bits per heavy atom. The average Bonchev–Trinajstić information content (AvgIpc) is 2.42.